The van der Waals surface area contributed by atoms with E-state index < -0.39 is 17.7 Å². The van der Waals surface area contributed by atoms with Crippen molar-refractivity contribution in [2.45, 2.75) is 18.8 Å². The molecule has 0 saturated carbocycles. The molecule has 0 bridgehead atoms. The van der Waals surface area contributed by atoms with Gasteiger partial charge in [0, 0.05) is 6.92 Å². The van der Waals surface area contributed by atoms with Crippen molar-refractivity contribution in [3.63, 3.8) is 0 Å². The molecule has 1 aromatic rings. The van der Waals surface area contributed by atoms with Crippen LogP contribution in [-0.2, 0) is 4.79 Å². The van der Waals surface area contributed by atoms with Crippen molar-refractivity contribution < 1.29 is 18.0 Å². The van der Waals surface area contributed by atoms with Gasteiger partial charge < -0.3 is 4.79 Å². The smallest absolute Gasteiger partial charge is 0.258 e. The quantitative estimate of drug-likeness (QED) is 0.689. The molecule has 0 aliphatic rings. The zero-order valence-electron chi connectivity index (χ0n) is 7.51. The Morgan fingerprint density at radius 2 is 2.07 bits per heavy atom. The highest BCUT2D eigenvalue weighted by molar-refractivity contribution is 5.63. The molecule has 0 aromatic heterocycles. The first-order valence-electron chi connectivity index (χ1n) is 4.03. The first-order chi connectivity index (χ1) is 6.45. The summed E-state index contributed by atoms with van der Waals surface area (Å²) in [5.74, 6) is -5.38. The van der Waals surface area contributed by atoms with E-state index in [1.807, 2.05) is 0 Å². The minimum Gasteiger partial charge on any atom is -0.302 e. The van der Waals surface area contributed by atoms with Crippen LogP contribution in [0.2, 0.25) is 0 Å². The molecule has 1 rings (SSSR count). The Morgan fingerprint density at radius 3 is 2.50 bits per heavy atom. The van der Waals surface area contributed by atoms with Crippen molar-refractivity contribution in [3.05, 3.63) is 35.6 Å². The van der Waals surface area contributed by atoms with Crippen molar-refractivity contribution in [3.8, 4) is 0 Å². The van der Waals surface area contributed by atoms with Crippen LogP contribution >= 0.6 is 0 Å². The molecule has 0 amide bonds. The van der Waals surface area contributed by atoms with Gasteiger partial charge in [-0.1, -0.05) is 12.1 Å². The number of benzene rings is 1. The number of rotatable bonds is 3. The third-order valence-electron chi connectivity index (χ3n) is 1.89. The molecule has 76 valence electrons. The van der Waals surface area contributed by atoms with Crippen LogP contribution in [-0.4, -0.2) is 12.2 Å². The van der Waals surface area contributed by atoms with Gasteiger partial charge in [0.1, 0.15) is 18.0 Å². The van der Waals surface area contributed by atoms with Crippen LogP contribution in [0.15, 0.2) is 24.3 Å². The Kier molecular flexibility index (Phi) is 2.93. The van der Waals surface area contributed by atoms with Crippen LogP contribution < -0.4 is 0 Å². The topological polar surface area (TPSA) is 17.1 Å². The van der Waals surface area contributed by atoms with Crippen LogP contribution in [0.5, 0.6) is 0 Å². The fraction of sp³-hybridized carbons (Fsp3) is 0.300. The van der Waals surface area contributed by atoms with Gasteiger partial charge in [0.25, 0.3) is 5.92 Å². The van der Waals surface area contributed by atoms with Crippen molar-refractivity contribution in [2.24, 2.45) is 0 Å². The molecule has 0 fully saturated rings. The highest BCUT2D eigenvalue weighted by atomic mass is 19.3. The van der Waals surface area contributed by atoms with Gasteiger partial charge in [-0.3, -0.25) is 0 Å². The summed E-state index contributed by atoms with van der Waals surface area (Å²) in [5, 5.41) is 0. The summed E-state index contributed by atoms with van der Waals surface area (Å²) in [6.07, 6.45) is 0.134. The van der Waals surface area contributed by atoms with Crippen LogP contribution in [0.1, 0.15) is 18.4 Å². The summed E-state index contributed by atoms with van der Waals surface area (Å²) < 4.78 is 38.4. The van der Waals surface area contributed by atoms with E-state index in [9.17, 15) is 18.0 Å². The van der Waals surface area contributed by atoms with Gasteiger partial charge in [-0.05, 0) is 17.7 Å². The average Bonchev–Trinajstić information content (AvgIpc) is 2.02. The van der Waals surface area contributed by atoms with E-state index in [1.54, 1.807) is 0 Å². The molecule has 0 saturated heterocycles. The molecular formula is C10H9F3O. The Labute approximate surface area is 79.5 Å². The predicted octanol–water partition coefficient (Wildman–Crippen LogP) is 2.76. The lowest BCUT2D eigenvalue weighted by Crippen LogP contribution is -2.23. The Bertz CT molecular complexity index is 330. The number of carbonyl (C=O) groups is 1. The number of hydrogen-bond acceptors (Lipinski definition) is 1. The zero-order valence-corrected chi connectivity index (χ0v) is 7.51. The molecule has 1 nitrogen and oxygen atoms in total. The second kappa shape index (κ2) is 3.82. The monoisotopic (exact) mass is 202 g/mol. The fourth-order valence-corrected chi connectivity index (χ4v) is 1.19. The third-order valence-corrected chi connectivity index (χ3v) is 1.89. The highest BCUT2D eigenvalue weighted by Crippen LogP contribution is 2.31. The van der Waals surface area contributed by atoms with Crippen LogP contribution in [0.3, 0.4) is 0 Å². The molecular weight excluding hydrogens is 193 g/mol. The number of carbonyl (C=O) groups excluding carboxylic acids is 1. The number of alkyl halides is 2. The van der Waals surface area contributed by atoms with Crippen LogP contribution in [0.4, 0.5) is 13.2 Å². The molecule has 1 atom stereocenters. The molecule has 14 heavy (non-hydrogen) atoms. The van der Waals surface area contributed by atoms with Crippen molar-refractivity contribution in [2.75, 3.05) is 0 Å². The molecule has 0 heterocycles. The van der Waals surface area contributed by atoms with Gasteiger partial charge in [0.2, 0.25) is 0 Å². The highest BCUT2D eigenvalue weighted by Gasteiger charge is 2.35. The average molecular weight is 202 g/mol. The second-order valence-corrected chi connectivity index (χ2v) is 3.13. The predicted molar refractivity (Wildman–Crippen MR) is 45.8 cm³/mol. The largest absolute Gasteiger partial charge is 0.302 e. The van der Waals surface area contributed by atoms with E-state index in [-0.39, 0.29) is 11.8 Å². The van der Waals surface area contributed by atoms with Gasteiger partial charge in [-0.15, -0.1) is 0 Å². The molecule has 1 unspecified atom stereocenters. The summed E-state index contributed by atoms with van der Waals surface area (Å²) >= 11 is 0. The minimum absolute atomic E-state index is 0.00694. The van der Waals surface area contributed by atoms with Gasteiger partial charge in [0.05, 0.1) is 0 Å². The van der Waals surface area contributed by atoms with Crippen molar-refractivity contribution in [1.82, 2.24) is 0 Å². The van der Waals surface area contributed by atoms with E-state index >= 15 is 0 Å². The summed E-state index contributed by atoms with van der Waals surface area (Å²) in [4.78, 5) is 10.5. The van der Waals surface area contributed by atoms with E-state index in [4.69, 9.17) is 0 Å². The Morgan fingerprint density at radius 1 is 1.43 bits per heavy atom. The van der Waals surface area contributed by atoms with E-state index in [0.29, 0.717) is 6.92 Å². The van der Waals surface area contributed by atoms with Crippen LogP contribution in [0, 0.1) is 5.82 Å². The molecule has 0 aliphatic carbocycles. The fourth-order valence-electron chi connectivity index (χ4n) is 1.19. The summed E-state index contributed by atoms with van der Waals surface area (Å²) in [5.41, 5.74) is -0.00694. The minimum atomic E-state index is -3.17. The van der Waals surface area contributed by atoms with E-state index in [1.165, 1.54) is 12.1 Å². The molecule has 0 N–H and O–H groups in total. The summed E-state index contributed by atoms with van der Waals surface area (Å²) in [6, 6.07) is 4.68. The maximum Gasteiger partial charge on any atom is 0.258 e. The Hall–Kier alpha value is -1.32. The zero-order chi connectivity index (χ0) is 10.8. The van der Waals surface area contributed by atoms with Gasteiger partial charge in [0.15, 0.2) is 0 Å². The van der Waals surface area contributed by atoms with E-state index in [2.05, 4.69) is 0 Å². The molecule has 0 spiro atoms. The number of aldehydes is 1. The Balaban J connectivity index is 3.07. The lowest BCUT2D eigenvalue weighted by atomic mass is 9.95. The normalized spacial score (nSPS) is 13.7. The lowest BCUT2D eigenvalue weighted by Gasteiger charge is -2.18. The molecule has 0 radical (unpaired) electrons. The van der Waals surface area contributed by atoms with Crippen LogP contribution in [0.25, 0.3) is 0 Å². The molecule has 4 heteroatoms. The van der Waals surface area contributed by atoms with Gasteiger partial charge in [-0.2, -0.15) is 0 Å². The van der Waals surface area contributed by atoms with Crippen molar-refractivity contribution in [1.29, 1.82) is 0 Å². The maximum absolute atomic E-state index is 12.9. The maximum atomic E-state index is 12.9. The lowest BCUT2D eigenvalue weighted by molar-refractivity contribution is -0.116. The second-order valence-electron chi connectivity index (χ2n) is 3.13. The third kappa shape index (κ3) is 2.34. The summed E-state index contributed by atoms with van der Waals surface area (Å²) in [6.45, 7) is 0.636. The van der Waals surface area contributed by atoms with Gasteiger partial charge in [-0.25, -0.2) is 13.2 Å². The van der Waals surface area contributed by atoms with E-state index in [0.717, 1.165) is 12.1 Å². The number of halogens is 3. The molecule has 0 aliphatic heterocycles. The van der Waals surface area contributed by atoms with Gasteiger partial charge >= 0.3 is 0 Å². The molecule has 1 aromatic carbocycles. The number of hydrogen-bond donors (Lipinski definition) is 0. The standard InChI is InChI=1S/C10H9F3O/c1-10(12,13)9(6-14)7-3-2-4-8(11)5-7/h2-6,9H,1H3. The summed E-state index contributed by atoms with van der Waals surface area (Å²) in [7, 11) is 0. The SMILES string of the molecule is CC(F)(F)C(C=O)c1cccc(F)c1. The first kappa shape index (κ1) is 10.8. The first-order valence-corrected chi connectivity index (χ1v) is 4.03. The van der Waals surface area contributed by atoms with Crippen molar-refractivity contribution >= 4 is 6.29 Å².